The van der Waals surface area contributed by atoms with E-state index in [0.29, 0.717) is 37.1 Å². The minimum Gasteiger partial charge on any atom is -0.454 e. The first-order valence-corrected chi connectivity index (χ1v) is 12.1. The Balaban J connectivity index is 1.30. The molecular weight excluding hydrogens is 507 g/mol. The van der Waals surface area contributed by atoms with Gasteiger partial charge in [-0.3, -0.25) is 14.5 Å². The first-order valence-electron chi connectivity index (χ1n) is 12.1. The van der Waals surface area contributed by atoms with Gasteiger partial charge in [-0.1, -0.05) is 6.07 Å². The van der Waals surface area contributed by atoms with E-state index in [9.17, 15) is 27.6 Å². The highest BCUT2D eigenvalue weighted by Crippen LogP contribution is 2.33. The topological polar surface area (TPSA) is 121 Å². The van der Waals surface area contributed by atoms with Crippen molar-refractivity contribution in [2.75, 3.05) is 38.3 Å². The van der Waals surface area contributed by atoms with Crippen molar-refractivity contribution >= 4 is 23.5 Å². The normalized spacial score (nSPS) is 16.7. The predicted octanol–water partition coefficient (Wildman–Crippen LogP) is 2.70. The summed E-state index contributed by atoms with van der Waals surface area (Å²) >= 11 is 0. The molecule has 0 aliphatic carbocycles. The Labute approximate surface area is 216 Å². The van der Waals surface area contributed by atoms with Crippen LogP contribution in [0.15, 0.2) is 36.4 Å². The molecule has 10 nitrogen and oxygen atoms in total. The monoisotopic (exact) mass is 535 g/mol. The zero-order valence-electron chi connectivity index (χ0n) is 20.6. The number of carbonyl (C=O) groups is 3. The Bertz CT molecular complexity index is 1210. The Morgan fingerprint density at radius 2 is 1.84 bits per heavy atom. The van der Waals surface area contributed by atoms with Gasteiger partial charge in [0, 0.05) is 32.2 Å². The highest BCUT2D eigenvalue weighted by Gasteiger charge is 2.32. The van der Waals surface area contributed by atoms with Gasteiger partial charge in [0.05, 0.1) is 23.4 Å². The molecule has 1 atom stereocenters. The molecule has 2 aromatic carbocycles. The van der Waals surface area contributed by atoms with Gasteiger partial charge < -0.3 is 30.7 Å². The van der Waals surface area contributed by atoms with Crippen LogP contribution >= 0.6 is 0 Å². The van der Waals surface area contributed by atoms with Crippen LogP contribution in [0.2, 0.25) is 0 Å². The summed E-state index contributed by atoms with van der Waals surface area (Å²) in [6.07, 6.45) is -3.98. The standard InChI is InChI=1S/C25H28F3N5O5/c1-2-29-24(36)32-19-5-4-16(25(26,27)28)10-18(19)23(35)30-11-22(34)31-17-7-8-33(13-17)12-15-3-6-20-21(9-15)38-14-37-20/h3-6,9-10,17H,2,7-8,11-14H2,1H3,(H,30,35)(H,31,34)(H2,29,32,36). The van der Waals surface area contributed by atoms with Crippen molar-refractivity contribution in [3.63, 3.8) is 0 Å². The molecule has 1 unspecified atom stereocenters. The van der Waals surface area contributed by atoms with Gasteiger partial charge in [-0.25, -0.2) is 4.79 Å². The molecule has 0 radical (unpaired) electrons. The van der Waals surface area contributed by atoms with E-state index in [0.717, 1.165) is 24.2 Å². The maximum Gasteiger partial charge on any atom is 0.416 e. The summed E-state index contributed by atoms with van der Waals surface area (Å²) in [5.41, 5.74) is -0.528. The lowest BCUT2D eigenvalue weighted by Crippen LogP contribution is -2.43. The van der Waals surface area contributed by atoms with E-state index < -0.39 is 41.7 Å². The summed E-state index contributed by atoms with van der Waals surface area (Å²) in [5, 5.41) is 9.98. The number of urea groups is 1. The minimum absolute atomic E-state index is 0.114. The number of rotatable bonds is 8. The van der Waals surface area contributed by atoms with Crippen LogP contribution in [0, 0.1) is 0 Å². The van der Waals surface area contributed by atoms with E-state index in [2.05, 4.69) is 26.2 Å². The lowest BCUT2D eigenvalue weighted by molar-refractivity contribution is -0.137. The Hall–Kier alpha value is -4.00. The lowest BCUT2D eigenvalue weighted by Gasteiger charge is -2.17. The van der Waals surface area contributed by atoms with Gasteiger partial charge in [-0.05, 0) is 49.2 Å². The van der Waals surface area contributed by atoms with Crippen LogP contribution in [0.25, 0.3) is 0 Å². The Morgan fingerprint density at radius 1 is 1.05 bits per heavy atom. The van der Waals surface area contributed by atoms with Gasteiger partial charge in [0.2, 0.25) is 12.7 Å². The molecule has 38 heavy (non-hydrogen) atoms. The second-order valence-electron chi connectivity index (χ2n) is 8.90. The van der Waals surface area contributed by atoms with Crippen molar-refractivity contribution in [3.05, 3.63) is 53.1 Å². The fourth-order valence-corrected chi connectivity index (χ4v) is 4.27. The number of hydrogen-bond acceptors (Lipinski definition) is 6. The van der Waals surface area contributed by atoms with E-state index >= 15 is 0 Å². The predicted molar refractivity (Wildman–Crippen MR) is 131 cm³/mol. The molecule has 4 N–H and O–H groups in total. The largest absolute Gasteiger partial charge is 0.454 e. The lowest BCUT2D eigenvalue weighted by atomic mass is 10.1. The van der Waals surface area contributed by atoms with Crippen molar-refractivity contribution in [2.24, 2.45) is 0 Å². The van der Waals surface area contributed by atoms with Crippen molar-refractivity contribution in [1.82, 2.24) is 20.9 Å². The van der Waals surface area contributed by atoms with Crippen LogP contribution in [0.5, 0.6) is 11.5 Å². The number of benzene rings is 2. The summed E-state index contributed by atoms with van der Waals surface area (Å²) < 4.78 is 50.3. The molecule has 13 heteroatoms. The highest BCUT2D eigenvalue weighted by atomic mass is 19.4. The van der Waals surface area contributed by atoms with E-state index in [1.807, 2.05) is 18.2 Å². The number of fused-ring (bicyclic) bond motifs is 1. The molecule has 204 valence electrons. The first-order chi connectivity index (χ1) is 18.1. The fourth-order valence-electron chi connectivity index (χ4n) is 4.27. The molecule has 4 rings (SSSR count). The summed E-state index contributed by atoms with van der Waals surface area (Å²) in [6.45, 7) is 3.73. The van der Waals surface area contributed by atoms with Crippen molar-refractivity contribution in [3.8, 4) is 11.5 Å². The molecule has 0 bridgehead atoms. The minimum atomic E-state index is -4.69. The van der Waals surface area contributed by atoms with Crippen LogP contribution in [-0.2, 0) is 17.5 Å². The summed E-state index contributed by atoms with van der Waals surface area (Å²) in [4.78, 5) is 39.2. The molecule has 0 aromatic heterocycles. The van der Waals surface area contributed by atoms with Crippen molar-refractivity contribution in [1.29, 1.82) is 0 Å². The average molecular weight is 536 g/mol. The molecule has 2 aliphatic rings. The van der Waals surface area contributed by atoms with Crippen molar-refractivity contribution in [2.45, 2.75) is 32.1 Å². The number of amides is 4. The summed E-state index contributed by atoms with van der Waals surface area (Å²) in [6, 6.07) is 7.32. The van der Waals surface area contributed by atoms with Gasteiger partial charge in [0.25, 0.3) is 5.91 Å². The average Bonchev–Trinajstić information content (AvgIpc) is 3.51. The quantitative estimate of drug-likeness (QED) is 0.413. The fraction of sp³-hybridized carbons (Fsp3) is 0.400. The number of anilines is 1. The molecule has 2 aromatic rings. The van der Waals surface area contributed by atoms with E-state index in [4.69, 9.17) is 9.47 Å². The van der Waals surface area contributed by atoms with Gasteiger partial charge in [0.15, 0.2) is 11.5 Å². The second kappa shape index (κ2) is 11.6. The zero-order chi connectivity index (χ0) is 27.3. The van der Waals surface area contributed by atoms with Crippen LogP contribution in [0.4, 0.5) is 23.7 Å². The number of likely N-dealkylation sites (tertiary alicyclic amines) is 1. The van der Waals surface area contributed by atoms with E-state index in [1.165, 1.54) is 0 Å². The number of alkyl halides is 3. The van der Waals surface area contributed by atoms with Crippen molar-refractivity contribution < 1.29 is 37.0 Å². The molecule has 4 amide bonds. The van der Waals surface area contributed by atoms with Gasteiger partial charge in [0.1, 0.15) is 0 Å². The van der Waals surface area contributed by atoms with Gasteiger partial charge >= 0.3 is 12.2 Å². The highest BCUT2D eigenvalue weighted by molar-refractivity contribution is 6.04. The first kappa shape index (κ1) is 27.0. The number of ether oxygens (including phenoxy) is 2. The maximum atomic E-state index is 13.2. The van der Waals surface area contributed by atoms with Crippen LogP contribution in [0.3, 0.4) is 0 Å². The van der Waals surface area contributed by atoms with Gasteiger partial charge in [-0.2, -0.15) is 13.2 Å². The SMILES string of the molecule is CCNC(=O)Nc1ccc(C(F)(F)F)cc1C(=O)NCC(=O)NC1CCN(Cc2ccc3c(c2)OCO3)C1. The molecule has 0 spiro atoms. The summed E-state index contributed by atoms with van der Waals surface area (Å²) in [5.74, 6) is 0.0134. The molecule has 2 aliphatic heterocycles. The third-order valence-corrected chi connectivity index (χ3v) is 6.07. The Kier molecular flexibility index (Phi) is 8.25. The number of nitrogens with one attached hydrogen (secondary N) is 4. The molecular formula is C25H28F3N5O5. The number of hydrogen-bond donors (Lipinski definition) is 4. The molecule has 1 saturated heterocycles. The third kappa shape index (κ3) is 6.85. The van der Waals surface area contributed by atoms with Crippen LogP contribution in [-0.4, -0.2) is 61.8 Å². The summed E-state index contributed by atoms with van der Waals surface area (Å²) in [7, 11) is 0. The zero-order valence-corrected chi connectivity index (χ0v) is 20.6. The number of carbonyl (C=O) groups excluding carboxylic acids is 3. The molecule has 0 saturated carbocycles. The number of nitrogens with zero attached hydrogens (tertiary/aromatic N) is 1. The van der Waals surface area contributed by atoms with E-state index in [1.54, 1.807) is 6.92 Å². The molecule has 2 heterocycles. The van der Waals surface area contributed by atoms with Gasteiger partial charge in [-0.15, -0.1) is 0 Å². The Morgan fingerprint density at radius 3 is 2.61 bits per heavy atom. The second-order valence-corrected chi connectivity index (χ2v) is 8.90. The van der Waals surface area contributed by atoms with E-state index in [-0.39, 0.29) is 25.1 Å². The smallest absolute Gasteiger partial charge is 0.416 e. The maximum absolute atomic E-state index is 13.2. The third-order valence-electron chi connectivity index (χ3n) is 6.07. The number of halogens is 3. The molecule has 1 fully saturated rings. The van der Waals surface area contributed by atoms with Crippen LogP contribution in [0.1, 0.15) is 34.8 Å². The van der Waals surface area contributed by atoms with Crippen LogP contribution < -0.4 is 30.7 Å².